The Kier molecular flexibility index (Phi) is 4.42. The van der Waals surface area contributed by atoms with Crippen molar-refractivity contribution >= 4 is 0 Å². The highest BCUT2D eigenvalue weighted by molar-refractivity contribution is 4.55. The molecular formula is C4H9NO6. The third kappa shape index (κ3) is 4.48. The van der Waals surface area contributed by atoms with Crippen LogP contribution in [0.2, 0.25) is 0 Å². The summed E-state index contributed by atoms with van der Waals surface area (Å²) < 4.78 is 0. The fraction of sp³-hybridized carbons (Fsp3) is 1.00. The van der Waals surface area contributed by atoms with Crippen molar-refractivity contribution in [3.05, 3.63) is 10.1 Å². The predicted octanol–water partition coefficient (Wildman–Crippen LogP) is -1.74. The van der Waals surface area contributed by atoms with Crippen LogP contribution < -0.4 is 0 Å². The highest BCUT2D eigenvalue weighted by atomic mass is 17.0. The minimum absolute atomic E-state index is 0.172. The van der Waals surface area contributed by atoms with Crippen LogP contribution in [0.4, 0.5) is 0 Å². The minimum atomic E-state index is -1.89. The quantitative estimate of drug-likeness (QED) is 0.254. The molecule has 0 rings (SSSR count). The van der Waals surface area contributed by atoms with Crippen LogP contribution in [-0.2, 0) is 4.84 Å². The lowest BCUT2D eigenvalue weighted by Crippen LogP contribution is -2.31. The number of aliphatic hydroxyl groups is 3. The van der Waals surface area contributed by atoms with Crippen molar-refractivity contribution in [3.8, 4) is 0 Å². The summed E-state index contributed by atoms with van der Waals surface area (Å²) >= 11 is 0. The average Bonchev–Trinajstić information content (AvgIpc) is 1.86. The van der Waals surface area contributed by atoms with E-state index in [1.54, 1.807) is 0 Å². The molecule has 0 saturated carbocycles. The van der Waals surface area contributed by atoms with Crippen molar-refractivity contribution in [2.24, 2.45) is 0 Å². The molecule has 0 aliphatic rings. The maximum atomic E-state index is 9.57. The Morgan fingerprint density at radius 2 is 2.09 bits per heavy atom. The topological polar surface area (TPSA) is 113 Å². The highest BCUT2D eigenvalue weighted by Gasteiger charge is 2.18. The lowest BCUT2D eigenvalue weighted by Gasteiger charge is -2.13. The molecule has 0 aliphatic carbocycles. The van der Waals surface area contributed by atoms with Gasteiger partial charge in [-0.3, -0.25) is 4.84 Å². The minimum Gasteiger partial charge on any atom is -0.396 e. The highest BCUT2D eigenvalue weighted by Crippen LogP contribution is 1.99. The van der Waals surface area contributed by atoms with Crippen molar-refractivity contribution in [1.82, 2.24) is 0 Å². The van der Waals surface area contributed by atoms with Crippen molar-refractivity contribution in [2.75, 3.05) is 6.61 Å². The second-order valence-electron chi connectivity index (χ2n) is 1.80. The summed E-state index contributed by atoms with van der Waals surface area (Å²) in [7, 11) is 0. The smallest absolute Gasteiger partial charge is 0.297 e. The Bertz CT molecular complexity index is 128. The van der Waals surface area contributed by atoms with Crippen molar-refractivity contribution < 1.29 is 25.2 Å². The van der Waals surface area contributed by atoms with Crippen LogP contribution in [0.5, 0.6) is 0 Å². The van der Waals surface area contributed by atoms with Gasteiger partial charge in [-0.05, 0) is 0 Å². The molecule has 0 aromatic rings. The normalized spacial score (nSPS) is 15.5. The van der Waals surface area contributed by atoms with Gasteiger partial charge in [0.15, 0.2) is 0 Å². The first kappa shape index (κ1) is 10.1. The molecule has 0 bridgehead atoms. The number of aliphatic hydroxyl groups excluding tert-OH is 3. The van der Waals surface area contributed by atoms with Crippen molar-refractivity contribution in [1.29, 1.82) is 0 Å². The molecule has 0 radical (unpaired) electrons. The molecule has 3 N–H and O–H groups in total. The Labute approximate surface area is 61.9 Å². The van der Waals surface area contributed by atoms with Gasteiger partial charge < -0.3 is 15.3 Å². The molecule has 0 amide bonds. The zero-order valence-corrected chi connectivity index (χ0v) is 5.58. The van der Waals surface area contributed by atoms with E-state index in [1.807, 2.05) is 0 Å². The van der Waals surface area contributed by atoms with Gasteiger partial charge in [0.25, 0.3) is 5.09 Å². The van der Waals surface area contributed by atoms with Crippen LogP contribution >= 0.6 is 0 Å². The summed E-state index contributed by atoms with van der Waals surface area (Å²) in [5, 5.41) is 33.9. The van der Waals surface area contributed by atoms with Crippen LogP contribution in [0.1, 0.15) is 6.42 Å². The molecule has 0 aromatic heterocycles. The number of hydrogen-bond acceptors (Lipinski definition) is 6. The third-order valence-electron chi connectivity index (χ3n) is 0.948. The van der Waals surface area contributed by atoms with Gasteiger partial charge in [-0.1, -0.05) is 0 Å². The molecule has 7 heteroatoms. The third-order valence-corrected chi connectivity index (χ3v) is 0.948. The number of nitrogens with zero attached hydrogens (tertiary/aromatic N) is 1. The van der Waals surface area contributed by atoms with Crippen molar-refractivity contribution in [2.45, 2.75) is 18.8 Å². The second kappa shape index (κ2) is 4.83. The Morgan fingerprint density at radius 3 is 2.45 bits per heavy atom. The number of rotatable bonds is 5. The van der Waals surface area contributed by atoms with Crippen LogP contribution in [0.3, 0.4) is 0 Å². The summed E-state index contributed by atoms with van der Waals surface area (Å²) in [5.41, 5.74) is 0. The zero-order chi connectivity index (χ0) is 8.85. The molecule has 7 nitrogen and oxygen atoms in total. The van der Waals surface area contributed by atoms with E-state index in [0.717, 1.165) is 0 Å². The monoisotopic (exact) mass is 167 g/mol. The first-order valence-electron chi connectivity index (χ1n) is 2.86. The first-order valence-corrected chi connectivity index (χ1v) is 2.86. The molecule has 0 saturated heterocycles. The van der Waals surface area contributed by atoms with Crippen LogP contribution in [0.15, 0.2) is 0 Å². The Morgan fingerprint density at radius 1 is 1.55 bits per heavy atom. The van der Waals surface area contributed by atoms with E-state index in [9.17, 15) is 10.1 Å². The molecular weight excluding hydrogens is 158 g/mol. The molecule has 0 aromatic carbocycles. The summed E-state index contributed by atoms with van der Waals surface area (Å²) in [6.45, 7) is -0.376. The molecule has 0 heterocycles. The van der Waals surface area contributed by atoms with E-state index in [1.165, 1.54) is 0 Å². The standard InChI is InChI=1S/C4H9NO6/c6-2-1-3(7)4(8)11-5(9)10/h3-4,6-8H,1-2H2. The molecule has 0 aliphatic heterocycles. The van der Waals surface area contributed by atoms with Gasteiger partial charge in [0, 0.05) is 13.0 Å². The zero-order valence-electron chi connectivity index (χ0n) is 5.58. The van der Waals surface area contributed by atoms with Gasteiger partial charge in [-0.2, -0.15) is 0 Å². The van der Waals surface area contributed by atoms with Gasteiger partial charge in [0.05, 0.1) is 0 Å². The van der Waals surface area contributed by atoms with Gasteiger partial charge in [-0.15, -0.1) is 10.1 Å². The van der Waals surface area contributed by atoms with E-state index in [2.05, 4.69) is 4.84 Å². The average molecular weight is 167 g/mol. The molecule has 11 heavy (non-hydrogen) atoms. The maximum Gasteiger partial charge on any atom is 0.297 e. The van der Waals surface area contributed by atoms with Gasteiger partial charge >= 0.3 is 0 Å². The maximum absolute atomic E-state index is 9.57. The molecule has 2 unspecified atom stereocenters. The first-order chi connectivity index (χ1) is 5.07. The SMILES string of the molecule is O=[N+]([O-])OC(O)C(O)CCO. The lowest BCUT2D eigenvalue weighted by atomic mass is 10.2. The predicted molar refractivity (Wildman–Crippen MR) is 31.8 cm³/mol. The summed E-state index contributed by atoms with van der Waals surface area (Å²) in [6.07, 6.45) is -3.50. The van der Waals surface area contributed by atoms with Gasteiger partial charge in [-0.25, -0.2) is 0 Å². The fourth-order valence-corrected chi connectivity index (χ4v) is 0.433. The van der Waals surface area contributed by atoms with Crippen LogP contribution in [-0.4, -0.2) is 39.4 Å². The van der Waals surface area contributed by atoms with E-state index >= 15 is 0 Å². The molecule has 2 atom stereocenters. The van der Waals surface area contributed by atoms with Crippen LogP contribution in [0.25, 0.3) is 0 Å². The lowest BCUT2D eigenvalue weighted by molar-refractivity contribution is -0.782. The van der Waals surface area contributed by atoms with E-state index < -0.39 is 17.5 Å². The second-order valence-corrected chi connectivity index (χ2v) is 1.80. The molecule has 66 valence electrons. The van der Waals surface area contributed by atoms with Crippen molar-refractivity contribution in [3.63, 3.8) is 0 Å². The molecule has 0 fully saturated rings. The van der Waals surface area contributed by atoms with Crippen LogP contribution in [0, 0.1) is 10.1 Å². The van der Waals surface area contributed by atoms with Gasteiger partial charge in [0.1, 0.15) is 6.10 Å². The van der Waals surface area contributed by atoms with E-state index in [0.29, 0.717) is 0 Å². The van der Waals surface area contributed by atoms with E-state index in [4.69, 9.17) is 15.3 Å². The molecule has 0 spiro atoms. The van der Waals surface area contributed by atoms with E-state index in [-0.39, 0.29) is 13.0 Å². The largest absolute Gasteiger partial charge is 0.396 e. The summed E-state index contributed by atoms with van der Waals surface area (Å²) in [4.78, 5) is 13.1. The number of hydrogen-bond donors (Lipinski definition) is 3. The summed E-state index contributed by atoms with van der Waals surface area (Å²) in [5.74, 6) is 0. The van der Waals surface area contributed by atoms with Gasteiger partial charge in [0.2, 0.25) is 6.29 Å². The summed E-state index contributed by atoms with van der Waals surface area (Å²) in [6, 6.07) is 0. The fourth-order valence-electron chi connectivity index (χ4n) is 0.433. The Balaban J connectivity index is 3.63. The Hall–Kier alpha value is -0.920.